The minimum Gasteiger partial charge on any atom is -0.465 e. The van der Waals surface area contributed by atoms with Crippen LogP contribution in [0.25, 0.3) is 0 Å². The molecule has 0 atom stereocenters. The normalized spacial score (nSPS) is 10.2. The Balaban J connectivity index is 1.66. The van der Waals surface area contributed by atoms with Crippen LogP contribution in [0, 0.1) is 0 Å². The van der Waals surface area contributed by atoms with E-state index in [9.17, 15) is 9.59 Å². The van der Waals surface area contributed by atoms with Crippen LogP contribution in [0.2, 0.25) is 0 Å². The standard InChI is InChI=1S/C21H20N4O3/c1-3-14-6-4-5-7-17(14)25-20(26)18-12-23-19(13-22-18)24-16-10-8-15(9-11-16)21(27)28-2/h4-13H,3H2,1-2H3,(H,23,24)(H,25,26). The van der Waals surface area contributed by atoms with Gasteiger partial charge in [0.25, 0.3) is 5.91 Å². The smallest absolute Gasteiger partial charge is 0.337 e. The number of esters is 1. The molecule has 0 radical (unpaired) electrons. The molecule has 7 nitrogen and oxygen atoms in total. The average Bonchev–Trinajstić information content (AvgIpc) is 2.74. The first-order valence-electron chi connectivity index (χ1n) is 8.77. The van der Waals surface area contributed by atoms with E-state index in [0.717, 1.165) is 23.4 Å². The molecule has 1 heterocycles. The zero-order valence-corrected chi connectivity index (χ0v) is 15.6. The SMILES string of the molecule is CCc1ccccc1NC(=O)c1cnc(Nc2ccc(C(=O)OC)cc2)cn1. The van der Waals surface area contributed by atoms with Gasteiger partial charge in [-0.1, -0.05) is 25.1 Å². The molecule has 0 bridgehead atoms. The van der Waals surface area contributed by atoms with Crippen LogP contribution in [0.15, 0.2) is 60.9 Å². The topological polar surface area (TPSA) is 93.2 Å². The van der Waals surface area contributed by atoms with Crippen LogP contribution < -0.4 is 10.6 Å². The molecule has 0 aliphatic heterocycles. The van der Waals surface area contributed by atoms with Crippen LogP contribution in [0.3, 0.4) is 0 Å². The van der Waals surface area contributed by atoms with Crippen LogP contribution in [-0.2, 0) is 11.2 Å². The molecule has 142 valence electrons. The summed E-state index contributed by atoms with van der Waals surface area (Å²) < 4.78 is 4.67. The number of benzene rings is 2. The van der Waals surface area contributed by atoms with E-state index < -0.39 is 5.97 Å². The monoisotopic (exact) mass is 376 g/mol. The van der Waals surface area contributed by atoms with Gasteiger partial charge in [0, 0.05) is 11.4 Å². The van der Waals surface area contributed by atoms with Crippen molar-refractivity contribution in [2.45, 2.75) is 13.3 Å². The first kappa shape index (κ1) is 19.0. The van der Waals surface area contributed by atoms with Gasteiger partial charge in [0.15, 0.2) is 0 Å². The van der Waals surface area contributed by atoms with Crippen LogP contribution in [-0.4, -0.2) is 29.0 Å². The highest BCUT2D eigenvalue weighted by Gasteiger charge is 2.11. The second-order valence-corrected chi connectivity index (χ2v) is 5.95. The summed E-state index contributed by atoms with van der Waals surface area (Å²) in [5.74, 6) is -0.231. The van der Waals surface area contributed by atoms with E-state index in [1.165, 1.54) is 19.5 Å². The quantitative estimate of drug-likeness (QED) is 0.635. The number of carbonyl (C=O) groups is 2. The number of aryl methyl sites for hydroxylation is 1. The lowest BCUT2D eigenvalue weighted by atomic mass is 10.1. The fourth-order valence-corrected chi connectivity index (χ4v) is 2.60. The molecule has 1 aromatic heterocycles. The van der Waals surface area contributed by atoms with Gasteiger partial charge in [0.05, 0.1) is 25.1 Å². The number of hydrogen-bond donors (Lipinski definition) is 2. The minimum atomic E-state index is -0.397. The molecule has 3 aromatic rings. The number of nitrogens with zero attached hydrogens (tertiary/aromatic N) is 2. The van der Waals surface area contributed by atoms with E-state index in [1.807, 2.05) is 31.2 Å². The second kappa shape index (κ2) is 8.77. The molecule has 1 amide bonds. The number of rotatable bonds is 6. The maximum absolute atomic E-state index is 12.4. The van der Waals surface area contributed by atoms with Gasteiger partial charge >= 0.3 is 5.97 Å². The van der Waals surface area contributed by atoms with E-state index >= 15 is 0 Å². The summed E-state index contributed by atoms with van der Waals surface area (Å²) in [6.07, 6.45) is 3.71. The van der Waals surface area contributed by atoms with Crippen LogP contribution >= 0.6 is 0 Å². The van der Waals surface area contributed by atoms with E-state index in [-0.39, 0.29) is 11.6 Å². The fraction of sp³-hybridized carbons (Fsp3) is 0.143. The zero-order chi connectivity index (χ0) is 19.9. The lowest BCUT2D eigenvalue weighted by molar-refractivity contribution is 0.0600. The number of methoxy groups -OCH3 is 1. The van der Waals surface area contributed by atoms with Crippen molar-refractivity contribution >= 4 is 29.1 Å². The molecule has 0 saturated carbocycles. The molecule has 0 fully saturated rings. The number of nitrogens with one attached hydrogen (secondary N) is 2. The van der Waals surface area contributed by atoms with Gasteiger partial charge < -0.3 is 15.4 Å². The predicted molar refractivity (Wildman–Crippen MR) is 107 cm³/mol. The molecular weight excluding hydrogens is 356 g/mol. The summed E-state index contributed by atoms with van der Waals surface area (Å²) in [5, 5.41) is 5.93. The van der Waals surface area contributed by atoms with Gasteiger partial charge in [-0.05, 0) is 42.3 Å². The Hall–Kier alpha value is -3.74. The Morgan fingerprint density at radius 1 is 1.00 bits per heavy atom. The molecule has 7 heteroatoms. The Bertz CT molecular complexity index is 970. The summed E-state index contributed by atoms with van der Waals surface area (Å²) in [5.41, 5.74) is 3.23. The van der Waals surface area contributed by atoms with Crippen molar-refractivity contribution in [1.29, 1.82) is 0 Å². The average molecular weight is 376 g/mol. The predicted octanol–water partition coefficient (Wildman–Crippen LogP) is 3.82. The van der Waals surface area contributed by atoms with Gasteiger partial charge in [-0.2, -0.15) is 0 Å². The number of amides is 1. The van der Waals surface area contributed by atoms with Gasteiger partial charge in [0.1, 0.15) is 11.5 Å². The molecule has 0 saturated heterocycles. The van der Waals surface area contributed by atoms with E-state index in [2.05, 4.69) is 25.3 Å². The van der Waals surface area contributed by atoms with Crippen LogP contribution in [0.5, 0.6) is 0 Å². The Morgan fingerprint density at radius 2 is 1.75 bits per heavy atom. The third-order valence-corrected chi connectivity index (χ3v) is 4.11. The van der Waals surface area contributed by atoms with Crippen molar-refractivity contribution in [2.24, 2.45) is 0 Å². The summed E-state index contributed by atoms with van der Waals surface area (Å²) in [7, 11) is 1.34. The van der Waals surface area contributed by atoms with Crippen molar-refractivity contribution in [3.05, 3.63) is 77.7 Å². The molecule has 0 unspecified atom stereocenters. The van der Waals surface area contributed by atoms with Crippen LogP contribution in [0.1, 0.15) is 33.3 Å². The van der Waals surface area contributed by atoms with Gasteiger partial charge in [-0.25, -0.2) is 14.8 Å². The molecule has 2 N–H and O–H groups in total. The summed E-state index contributed by atoms with van der Waals surface area (Å²) >= 11 is 0. The number of hydrogen-bond acceptors (Lipinski definition) is 6. The van der Waals surface area contributed by atoms with E-state index in [1.54, 1.807) is 24.3 Å². The number of aromatic nitrogens is 2. The van der Waals surface area contributed by atoms with Crippen molar-refractivity contribution in [1.82, 2.24) is 9.97 Å². The lowest BCUT2D eigenvalue weighted by Crippen LogP contribution is -2.15. The number of carbonyl (C=O) groups excluding carboxylic acids is 2. The highest BCUT2D eigenvalue weighted by atomic mass is 16.5. The summed E-state index contributed by atoms with van der Waals surface area (Å²) in [6.45, 7) is 2.03. The highest BCUT2D eigenvalue weighted by molar-refractivity contribution is 6.03. The highest BCUT2D eigenvalue weighted by Crippen LogP contribution is 2.17. The van der Waals surface area contributed by atoms with Crippen molar-refractivity contribution in [3.8, 4) is 0 Å². The largest absolute Gasteiger partial charge is 0.465 e. The molecule has 28 heavy (non-hydrogen) atoms. The van der Waals surface area contributed by atoms with Gasteiger partial charge in [0.2, 0.25) is 0 Å². The maximum atomic E-state index is 12.4. The zero-order valence-electron chi connectivity index (χ0n) is 15.6. The van der Waals surface area contributed by atoms with Gasteiger partial charge in [-0.15, -0.1) is 0 Å². The third-order valence-electron chi connectivity index (χ3n) is 4.11. The Kier molecular flexibility index (Phi) is 5.96. The number of ether oxygens (including phenoxy) is 1. The number of para-hydroxylation sites is 1. The summed E-state index contributed by atoms with van der Waals surface area (Å²) in [4.78, 5) is 32.3. The minimum absolute atomic E-state index is 0.220. The first-order chi connectivity index (χ1) is 13.6. The third kappa shape index (κ3) is 4.50. The molecular formula is C21H20N4O3. The fourth-order valence-electron chi connectivity index (χ4n) is 2.60. The molecule has 2 aromatic carbocycles. The van der Waals surface area contributed by atoms with Crippen LogP contribution in [0.4, 0.5) is 17.2 Å². The lowest BCUT2D eigenvalue weighted by Gasteiger charge is -2.10. The molecule has 3 rings (SSSR count). The second-order valence-electron chi connectivity index (χ2n) is 5.95. The first-order valence-corrected chi connectivity index (χ1v) is 8.77. The molecule has 0 aliphatic carbocycles. The Morgan fingerprint density at radius 3 is 2.39 bits per heavy atom. The maximum Gasteiger partial charge on any atom is 0.337 e. The molecule has 0 aliphatic rings. The van der Waals surface area contributed by atoms with Crippen molar-refractivity contribution in [3.63, 3.8) is 0 Å². The van der Waals surface area contributed by atoms with E-state index in [4.69, 9.17) is 0 Å². The van der Waals surface area contributed by atoms with Crippen molar-refractivity contribution < 1.29 is 14.3 Å². The Labute approximate surface area is 162 Å². The van der Waals surface area contributed by atoms with Crippen molar-refractivity contribution in [2.75, 3.05) is 17.7 Å². The summed E-state index contributed by atoms with van der Waals surface area (Å²) in [6, 6.07) is 14.4. The molecule has 0 spiro atoms. The van der Waals surface area contributed by atoms with Gasteiger partial charge in [-0.3, -0.25) is 4.79 Å². The number of anilines is 3. The van der Waals surface area contributed by atoms with E-state index in [0.29, 0.717) is 11.4 Å².